The third-order valence-electron chi connectivity index (χ3n) is 2.96. The van der Waals surface area contributed by atoms with E-state index in [0.717, 1.165) is 12.1 Å². The first kappa shape index (κ1) is 17.7. The van der Waals surface area contributed by atoms with Gasteiger partial charge in [-0.3, -0.25) is 0 Å². The van der Waals surface area contributed by atoms with Crippen LogP contribution in [0, 0.1) is 11.8 Å². The van der Waals surface area contributed by atoms with Gasteiger partial charge in [-0.15, -0.1) is 0 Å². The predicted octanol–water partition coefficient (Wildman–Crippen LogP) is 0.650. The fourth-order valence-corrected chi connectivity index (χ4v) is 2.57. The number of hydrogen-bond donors (Lipinski definition) is 2. The van der Waals surface area contributed by atoms with Gasteiger partial charge >= 0.3 is 0 Å². The highest BCUT2D eigenvalue weighted by atomic mass is 32.2. The smallest absolute Gasteiger partial charge is 0.240 e. The molecular formula is C15H22N2O3S. The van der Waals surface area contributed by atoms with Crippen molar-refractivity contribution in [3.8, 4) is 11.8 Å². The van der Waals surface area contributed by atoms with Gasteiger partial charge in [-0.2, -0.15) is 0 Å². The Hall–Kier alpha value is -1.39. The highest BCUT2D eigenvalue weighted by molar-refractivity contribution is 7.89. The van der Waals surface area contributed by atoms with E-state index >= 15 is 0 Å². The lowest BCUT2D eigenvalue weighted by Gasteiger charge is -2.14. The average Bonchev–Trinajstić information content (AvgIpc) is 2.47. The van der Waals surface area contributed by atoms with E-state index in [1.54, 1.807) is 12.1 Å². The summed E-state index contributed by atoms with van der Waals surface area (Å²) in [5, 5.41) is 8.64. The van der Waals surface area contributed by atoms with Crippen molar-refractivity contribution in [1.29, 1.82) is 0 Å². The molecule has 0 aliphatic heterocycles. The van der Waals surface area contributed by atoms with Crippen LogP contribution < -0.4 is 4.72 Å². The van der Waals surface area contributed by atoms with Crippen LogP contribution in [0.2, 0.25) is 0 Å². The number of nitrogens with one attached hydrogen (secondary N) is 1. The molecule has 21 heavy (non-hydrogen) atoms. The summed E-state index contributed by atoms with van der Waals surface area (Å²) in [4.78, 5) is 2.26. The number of aliphatic hydroxyl groups excluding tert-OH is 1. The van der Waals surface area contributed by atoms with Crippen molar-refractivity contribution in [2.24, 2.45) is 0 Å². The summed E-state index contributed by atoms with van der Waals surface area (Å²) in [7, 11) is -1.53. The zero-order chi connectivity index (χ0) is 15.7. The molecule has 0 aromatic heterocycles. The molecule has 116 valence electrons. The highest BCUT2D eigenvalue weighted by Crippen LogP contribution is 2.09. The van der Waals surface area contributed by atoms with E-state index in [2.05, 4.69) is 16.6 Å². The Kier molecular flexibility index (Phi) is 7.40. The average molecular weight is 310 g/mol. The first-order chi connectivity index (χ1) is 9.99. The van der Waals surface area contributed by atoms with Crippen molar-refractivity contribution in [2.45, 2.75) is 18.2 Å². The molecule has 0 unspecified atom stereocenters. The third kappa shape index (κ3) is 6.27. The van der Waals surface area contributed by atoms with Gasteiger partial charge in [0.1, 0.15) is 0 Å². The molecule has 6 heteroatoms. The summed E-state index contributed by atoms with van der Waals surface area (Å²) in [6, 6.07) is 6.40. The van der Waals surface area contributed by atoms with Crippen molar-refractivity contribution in [1.82, 2.24) is 9.62 Å². The molecule has 0 saturated heterocycles. The summed E-state index contributed by atoms with van der Waals surface area (Å²) in [5.74, 6) is 5.65. The zero-order valence-electron chi connectivity index (χ0n) is 12.5. The van der Waals surface area contributed by atoms with Crippen LogP contribution in [-0.2, 0) is 10.0 Å². The lowest BCUT2D eigenvalue weighted by molar-refractivity contribution is 0.305. The van der Waals surface area contributed by atoms with Gasteiger partial charge < -0.3 is 10.0 Å². The van der Waals surface area contributed by atoms with Gasteiger partial charge in [-0.25, -0.2) is 13.1 Å². The Morgan fingerprint density at radius 3 is 2.52 bits per heavy atom. The van der Waals surface area contributed by atoms with Crippen molar-refractivity contribution in [2.75, 3.05) is 33.3 Å². The Labute approximate surface area is 127 Å². The standard InChI is InChI=1S/C15H22N2O3S/c1-3-17(2)12-11-16-21(19,20)15-9-7-14(8-10-15)6-4-5-13-18/h7-10,16,18H,3,5,11-13H2,1-2H3. The first-order valence-electron chi connectivity index (χ1n) is 6.87. The van der Waals surface area contributed by atoms with Gasteiger partial charge in [0.2, 0.25) is 10.0 Å². The normalized spacial score (nSPS) is 11.2. The van der Waals surface area contributed by atoms with Crippen LogP contribution in [0.15, 0.2) is 29.2 Å². The number of likely N-dealkylation sites (N-methyl/N-ethyl adjacent to an activating group) is 1. The third-order valence-corrected chi connectivity index (χ3v) is 4.44. The molecule has 0 atom stereocenters. The van der Waals surface area contributed by atoms with Gasteiger partial charge in [-0.1, -0.05) is 18.8 Å². The predicted molar refractivity (Wildman–Crippen MR) is 83.4 cm³/mol. The highest BCUT2D eigenvalue weighted by Gasteiger charge is 2.12. The molecule has 0 amide bonds. The Bertz CT molecular complexity index is 586. The van der Waals surface area contributed by atoms with Crippen LogP contribution in [0.1, 0.15) is 18.9 Å². The van der Waals surface area contributed by atoms with E-state index in [-0.39, 0.29) is 11.5 Å². The van der Waals surface area contributed by atoms with Crippen molar-refractivity contribution >= 4 is 10.0 Å². The minimum atomic E-state index is -3.47. The van der Waals surface area contributed by atoms with Gasteiger partial charge in [0.25, 0.3) is 0 Å². The summed E-state index contributed by atoms with van der Waals surface area (Å²) < 4.78 is 26.7. The number of nitrogens with zero attached hydrogens (tertiary/aromatic N) is 1. The Morgan fingerprint density at radius 1 is 1.29 bits per heavy atom. The molecule has 0 aliphatic carbocycles. The van der Waals surface area contributed by atoms with Crippen LogP contribution in [0.3, 0.4) is 0 Å². The van der Waals surface area contributed by atoms with Crippen LogP contribution in [0.4, 0.5) is 0 Å². The minimum absolute atomic E-state index is 0.0234. The maximum absolute atomic E-state index is 12.1. The van der Waals surface area contributed by atoms with E-state index in [1.807, 2.05) is 18.9 Å². The van der Waals surface area contributed by atoms with E-state index in [1.165, 1.54) is 12.1 Å². The number of rotatable bonds is 7. The van der Waals surface area contributed by atoms with Crippen LogP contribution in [-0.4, -0.2) is 51.7 Å². The van der Waals surface area contributed by atoms with Gasteiger partial charge in [-0.05, 0) is 37.9 Å². The van der Waals surface area contributed by atoms with Crippen molar-refractivity contribution in [3.63, 3.8) is 0 Å². The molecule has 1 aromatic carbocycles. The van der Waals surface area contributed by atoms with Gasteiger partial charge in [0.05, 0.1) is 11.5 Å². The second-order valence-electron chi connectivity index (χ2n) is 4.59. The zero-order valence-corrected chi connectivity index (χ0v) is 13.3. The van der Waals surface area contributed by atoms with Crippen LogP contribution in [0.25, 0.3) is 0 Å². The summed E-state index contributed by atoms with van der Waals surface area (Å²) >= 11 is 0. The molecule has 1 rings (SSSR count). The molecule has 2 N–H and O–H groups in total. The number of aliphatic hydroxyl groups is 1. The second kappa shape index (κ2) is 8.80. The maximum atomic E-state index is 12.1. The van der Waals surface area contributed by atoms with E-state index < -0.39 is 10.0 Å². The number of hydrogen-bond acceptors (Lipinski definition) is 4. The lowest BCUT2D eigenvalue weighted by atomic mass is 10.2. The Morgan fingerprint density at radius 2 is 1.95 bits per heavy atom. The molecule has 0 aliphatic rings. The molecular weight excluding hydrogens is 288 g/mol. The van der Waals surface area contributed by atoms with Crippen molar-refractivity contribution in [3.05, 3.63) is 29.8 Å². The van der Waals surface area contributed by atoms with Gasteiger partial charge in [0.15, 0.2) is 0 Å². The van der Waals surface area contributed by atoms with Crippen molar-refractivity contribution < 1.29 is 13.5 Å². The number of sulfonamides is 1. The SMILES string of the molecule is CCN(C)CCNS(=O)(=O)c1ccc(C#CCCO)cc1. The van der Waals surface area contributed by atoms with Gasteiger partial charge in [0, 0.05) is 25.1 Å². The van der Waals surface area contributed by atoms with Crippen LogP contribution in [0.5, 0.6) is 0 Å². The topological polar surface area (TPSA) is 69.6 Å². The lowest BCUT2D eigenvalue weighted by Crippen LogP contribution is -2.32. The van der Waals surface area contributed by atoms with E-state index in [0.29, 0.717) is 19.5 Å². The van der Waals surface area contributed by atoms with E-state index in [9.17, 15) is 8.42 Å². The maximum Gasteiger partial charge on any atom is 0.240 e. The summed E-state index contributed by atoms with van der Waals surface area (Å²) in [6.07, 6.45) is 0.409. The largest absolute Gasteiger partial charge is 0.395 e. The minimum Gasteiger partial charge on any atom is -0.395 e. The summed E-state index contributed by atoms with van der Waals surface area (Å²) in [5.41, 5.74) is 0.730. The molecule has 0 radical (unpaired) electrons. The molecule has 0 bridgehead atoms. The molecule has 0 heterocycles. The molecule has 1 aromatic rings. The second-order valence-corrected chi connectivity index (χ2v) is 6.36. The van der Waals surface area contributed by atoms with Crippen LogP contribution >= 0.6 is 0 Å². The molecule has 5 nitrogen and oxygen atoms in total. The molecule has 0 saturated carbocycles. The number of benzene rings is 1. The monoisotopic (exact) mass is 310 g/mol. The summed E-state index contributed by atoms with van der Waals surface area (Å²) in [6.45, 7) is 3.97. The quantitative estimate of drug-likeness (QED) is 0.726. The first-order valence-corrected chi connectivity index (χ1v) is 8.36. The molecule has 0 fully saturated rings. The molecule has 0 spiro atoms. The Balaban J connectivity index is 2.65. The fraction of sp³-hybridized carbons (Fsp3) is 0.467. The fourth-order valence-electron chi connectivity index (χ4n) is 1.55. The van der Waals surface area contributed by atoms with E-state index in [4.69, 9.17) is 5.11 Å².